The molecule has 1 atom stereocenters. The van der Waals surface area contributed by atoms with Crippen LogP contribution in [0.25, 0.3) is 16.5 Å². The van der Waals surface area contributed by atoms with Crippen LogP contribution in [-0.2, 0) is 14.3 Å². The third kappa shape index (κ3) is 5.42. The molecule has 0 spiro atoms. The number of hydrogen-bond donors (Lipinski definition) is 2. The van der Waals surface area contributed by atoms with Crippen LogP contribution in [0.5, 0.6) is 0 Å². The van der Waals surface area contributed by atoms with Gasteiger partial charge >= 0.3 is 0 Å². The zero-order chi connectivity index (χ0) is 23.1. The molecule has 0 aliphatic heterocycles. The molecule has 3 rings (SSSR count). The average molecular weight is 436 g/mol. The maximum atomic E-state index is 12.4. The Kier molecular flexibility index (Phi) is 7.78. The molecule has 0 bridgehead atoms. The summed E-state index contributed by atoms with van der Waals surface area (Å²) in [6.07, 6.45) is 11.1. The number of carbonyl (C=O) groups is 2. The molecule has 0 saturated heterocycles. The first-order valence-corrected chi connectivity index (χ1v) is 10.6. The van der Waals surface area contributed by atoms with Crippen molar-refractivity contribution in [1.82, 2.24) is 15.1 Å². The number of carbonyl (C=O) groups excluding carboxylic acids is 2. The van der Waals surface area contributed by atoms with Crippen LogP contribution in [-0.4, -0.2) is 58.1 Å². The number of hydrogen-bond acceptors (Lipinski definition) is 6. The molecule has 1 aliphatic carbocycles. The molecule has 1 aliphatic rings. The molecule has 1 unspecified atom stereocenters. The van der Waals surface area contributed by atoms with E-state index < -0.39 is 17.7 Å². The number of nitrogens with zero attached hydrogens (tertiary/aromatic N) is 2. The molecule has 0 amide bonds. The number of H-pyrrole nitrogens is 1. The number of benzene rings is 1. The molecule has 0 fully saturated rings. The molecule has 0 saturated carbocycles. The Balaban J connectivity index is 1.93. The normalized spacial score (nSPS) is 17.7. The predicted molar refractivity (Wildman–Crippen MR) is 125 cm³/mol. The molecule has 168 valence electrons. The van der Waals surface area contributed by atoms with E-state index in [0.717, 1.165) is 39.9 Å². The highest BCUT2D eigenvalue weighted by Gasteiger charge is 2.20. The van der Waals surface area contributed by atoms with Gasteiger partial charge < -0.3 is 14.7 Å². The van der Waals surface area contributed by atoms with E-state index in [9.17, 15) is 14.7 Å². The topological polar surface area (TPSA) is 95.5 Å². The van der Waals surface area contributed by atoms with Gasteiger partial charge in [0.25, 0.3) is 0 Å². The van der Waals surface area contributed by atoms with Crippen LogP contribution in [0.1, 0.15) is 32.3 Å². The molecule has 32 heavy (non-hydrogen) atoms. The second kappa shape index (κ2) is 10.7. The summed E-state index contributed by atoms with van der Waals surface area (Å²) in [6, 6.07) is 6.02. The van der Waals surface area contributed by atoms with Crippen LogP contribution in [0, 0.1) is 0 Å². The summed E-state index contributed by atoms with van der Waals surface area (Å²) in [5.41, 5.74) is 3.85. The number of aliphatic hydroxyl groups excluding tert-OH is 1. The number of ketones is 2. The van der Waals surface area contributed by atoms with Gasteiger partial charge in [0.05, 0.1) is 31.5 Å². The molecule has 1 aromatic heterocycles. The minimum Gasteiger partial charge on any atom is -0.496 e. The molecule has 1 aromatic carbocycles. The summed E-state index contributed by atoms with van der Waals surface area (Å²) < 4.78 is 5.72. The van der Waals surface area contributed by atoms with Crippen molar-refractivity contribution < 1.29 is 19.4 Å². The van der Waals surface area contributed by atoms with Crippen molar-refractivity contribution in [2.75, 3.05) is 20.2 Å². The first-order valence-electron chi connectivity index (χ1n) is 10.6. The molecule has 7 heteroatoms. The number of Topliss-reactive ketones (excluding diaryl/α,β-unsaturated/α-hetero) is 1. The van der Waals surface area contributed by atoms with E-state index >= 15 is 0 Å². The predicted octanol–water partition coefficient (Wildman–Crippen LogP) is 3.55. The van der Waals surface area contributed by atoms with Gasteiger partial charge in [0.1, 0.15) is 5.76 Å². The van der Waals surface area contributed by atoms with Gasteiger partial charge in [-0.25, -0.2) is 0 Å². The largest absolute Gasteiger partial charge is 0.496 e. The third-order valence-corrected chi connectivity index (χ3v) is 5.26. The Morgan fingerprint density at radius 2 is 2.16 bits per heavy atom. The van der Waals surface area contributed by atoms with Crippen LogP contribution in [0.3, 0.4) is 0 Å². The molecule has 2 aromatic rings. The maximum Gasteiger partial charge on any atom is 0.222 e. The molecule has 1 heterocycles. The van der Waals surface area contributed by atoms with E-state index in [1.165, 1.54) is 6.08 Å². The monoisotopic (exact) mass is 435 g/mol. The highest BCUT2D eigenvalue weighted by atomic mass is 16.5. The Labute approximate surface area is 187 Å². The summed E-state index contributed by atoms with van der Waals surface area (Å²) in [5, 5.41) is 18.1. The fourth-order valence-electron chi connectivity index (χ4n) is 3.82. The lowest BCUT2D eigenvalue weighted by Crippen LogP contribution is -2.36. The number of methoxy groups -OCH3 is 1. The van der Waals surface area contributed by atoms with E-state index in [0.29, 0.717) is 6.42 Å². The van der Waals surface area contributed by atoms with Crippen molar-refractivity contribution >= 4 is 28.0 Å². The van der Waals surface area contributed by atoms with E-state index in [-0.39, 0.29) is 13.1 Å². The number of aliphatic hydroxyl groups is 1. The average Bonchev–Trinajstić information content (AvgIpc) is 3.22. The van der Waals surface area contributed by atoms with Crippen molar-refractivity contribution in [3.63, 3.8) is 0 Å². The van der Waals surface area contributed by atoms with E-state index in [1.807, 2.05) is 36.6 Å². The standard InChI is InChI=1S/C25H29N3O4/c1-4-7-23(30)24(31)16-28(15-17(2)29)18-8-5-10-20(25(32-3)13-12-18)19-9-6-11-22-21(19)14-26-27-22/h4,6-9,11-14,17,29H,5,10,15-16H2,1-3H3,(H,26,27)/b7-4+,13-12?,18-8?,25-20-. The van der Waals surface area contributed by atoms with Crippen molar-refractivity contribution in [2.24, 2.45) is 0 Å². The summed E-state index contributed by atoms with van der Waals surface area (Å²) in [4.78, 5) is 26.1. The highest BCUT2D eigenvalue weighted by molar-refractivity contribution is 6.42. The molecule has 7 nitrogen and oxygen atoms in total. The van der Waals surface area contributed by atoms with Gasteiger partial charge in [-0.05, 0) is 56.5 Å². The van der Waals surface area contributed by atoms with Crippen molar-refractivity contribution in [1.29, 1.82) is 0 Å². The minimum atomic E-state index is -0.661. The smallest absolute Gasteiger partial charge is 0.222 e. The number of rotatable bonds is 9. The zero-order valence-electron chi connectivity index (χ0n) is 18.7. The van der Waals surface area contributed by atoms with Crippen LogP contribution >= 0.6 is 0 Å². The fourth-order valence-corrected chi connectivity index (χ4v) is 3.82. The van der Waals surface area contributed by atoms with Gasteiger partial charge in [0, 0.05) is 23.2 Å². The minimum absolute atomic E-state index is 0.0997. The summed E-state index contributed by atoms with van der Waals surface area (Å²) in [7, 11) is 1.63. The number of ether oxygens (including phenoxy) is 1. The number of fused-ring (bicyclic) bond motifs is 1. The van der Waals surface area contributed by atoms with Crippen LogP contribution in [0.2, 0.25) is 0 Å². The second-order valence-corrected chi connectivity index (χ2v) is 7.70. The quantitative estimate of drug-likeness (QED) is 0.462. The van der Waals surface area contributed by atoms with E-state index in [4.69, 9.17) is 4.74 Å². The Hall–Kier alpha value is -3.45. The zero-order valence-corrected chi connectivity index (χ0v) is 18.7. The van der Waals surface area contributed by atoms with Crippen LogP contribution in [0.4, 0.5) is 0 Å². The lowest BCUT2D eigenvalue weighted by atomic mass is 9.95. The fraction of sp³-hybridized carbons (Fsp3) is 0.320. The number of aromatic nitrogens is 2. The molecule has 0 radical (unpaired) electrons. The first-order chi connectivity index (χ1) is 15.4. The van der Waals surface area contributed by atoms with Gasteiger partial charge in [-0.2, -0.15) is 5.10 Å². The Bertz CT molecular complexity index is 1110. The van der Waals surface area contributed by atoms with Crippen LogP contribution in [0.15, 0.2) is 66.2 Å². The first kappa shape index (κ1) is 23.2. The van der Waals surface area contributed by atoms with Gasteiger partial charge in [-0.3, -0.25) is 14.7 Å². The Morgan fingerprint density at radius 1 is 1.34 bits per heavy atom. The second-order valence-electron chi connectivity index (χ2n) is 7.70. The molecular weight excluding hydrogens is 406 g/mol. The lowest BCUT2D eigenvalue weighted by molar-refractivity contribution is -0.134. The number of nitrogens with one attached hydrogen (secondary N) is 1. The SMILES string of the molecule is C/C=C/C(=O)C(=O)CN(CC(C)O)C1=CCC/C(c2cccc3[nH]ncc23)=C(/OC)C=C1. The van der Waals surface area contributed by atoms with E-state index in [2.05, 4.69) is 16.3 Å². The third-order valence-electron chi connectivity index (χ3n) is 5.26. The lowest BCUT2D eigenvalue weighted by Gasteiger charge is -2.27. The van der Waals surface area contributed by atoms with Gasteiger partial charge in [0.15, 0.2) is 0 Å². The number of aromatic amines is 1. The van der Waals surface area contributed by atoms with Crippen molar-refractivity contribution in [3.8, 4) is 0 Å². The summed E-state index contributed by atoms with van der Waals surface area (Å²) in [6.45, 7) is 3.48. The van der Waals surface area contributed by atoms with E-state index in [1.54, 1.807) is 31.9 Å². The molecule has 2 N–H and O–H groups in total. The van der Waals surface area contributed by atoms with Crippen molar-refractivity contribution in [2.45, 2.75) is 32.8 Å². The summed E-state index contributed by atoms with van der Waals surface area (Å²) >= 11 is 0. The highest BCUT2D eigenvalue weighted by Crippen LogP contribution is 2.32. The van der Waals surface area contributed by atoms with Crippen molar-refractivity contribution in [3.05, 3.63) is 71.8 Å². The van der Waals surface area contributed by atoms with Gasteiger partial charge in [-0.15, -0.1) is 0 Å². The molecular formula is C25H29N3O4. The number of allylic oxidation sites excluding steroid dienone is 6. The maximum absolute atomic E-state index is 12.4. The summed E-state index contributed by atoms with van der Waals surface area (Å²) in [5.74, 6) is -0.348. The van der Waals surface area contributed by atoms with Gasteiger partial charge in [-0.1, -0.05) is 24.3 Å². The van der Waals surface area contributed by atoms with Crippen LogP contribution < -0.4 is 0 Å². The van der Waals surface area contributed by atoms with Gasteiger partial charge in [0.2, 0.25) is 11.6 Å². The Morgan fingerprint density at radius 3 is 2.88 bits per heavy atom.